The number of Topliss-reactive ketones (excluding diaryl/α,β-unsaturated/α-hetero) is 1. The Morgan fingerprint density at radius 3 is 0.971 bits per heavy atom. The lowest BCUT2D eigenvalue weighted by Gasteiger charge is -2.37. The van der Waals surface area contributed by atoms with Crippen LogP contribution in [0.2, 0.25) is 0 Å². The minimum Gasteiger partial charge on any atom is -0.497 e. The predicted molar refractivity (Wildman–Crippen MR) is 405 cm³/mol. The van der Waals surface area contributed by atoms with Gasteiger partial charge >= 0.3 is 6.09 Å². The third kappa shape index (κ3) is 25.7. The highest BCUT2D eigenvalue weighted by atomic mass is 35.5. The zero-order chi connectivity index (χ0) is 76.9. The van der Waals surface area contributed by atoms with Crippen molar-refractivity contribution in [1.29, 1.82) is 0 Å². The SMILES string of the molecule is CC(C)=O.COc1cc(C)c(S(=O)(=O)N2CCCCC2COCC(=O)N2CCN(C(=O)OC(C)(C)C)CC2)c(C)c1.COc1cc(C)c(S(=O)(=O)N2CCCCC2COCC(=O)N2CCN(C(C)C)CC2)c(C)c1.COc1cc(C)c(S(=O)(=O)N2CCCCC2COCC(=O)N2CCNCC2)c(C)c1.Cl. The number of ether oxygens (including phenoxy) is 7. The number of sulfonamides is 3. The first-order valence-electron chi connectivity index (χ1n) is 36.5. The van der Waals surface area contributed by atoms with Gasteiger partial charge in [-0.15, -0.1) is 12.4 Å². The fraction of sp³-hybridized carbons (Fsp3) is 0.689. The van der Waals surface area contributed by atoms with Crippen molar-refractivity contribution in [3.8, 4) is 17.2 Å². The predicted octanol–water partition coefficient (Wildman–Crippen LogP) is 7.70. The molecule has 3 aromatic carbocycles. The van der Waals surface area contributed by atoms with Gasteiger partial charge in [0.1, 0.15) is 48.5 Å². The number of hydrogen-bond acceptors (Lipinski definition) is 20. The number of carbonyl (C=O) groups excluding carboxylic acids is 5. The van der Waals surface area contributed by atoms with E-state index >= 15 is 0 Å². The van der Waals surface area contributed by atoms with Gasteiger partial charge in [0, 0.05) is 122 Å². The van der Waals surface area contributed by atoms with Crippen LogP contribution in [-0.4, -0.2) is 281 Å². The second-order valence-corrected chi connectivity index (χ2v) is 34.5. The first kappa shape index (κ1) is 89.9. The number of carbonyl (C=O) groups is 5. The molecule has 0 bridgehead atoms. The average molecular weight is 1560 g/mol. The average Bonchev–Trinajstić information content (AvgIpc) is 0.780. The number of ketones is 1. The van der Waals surface area contributed by atoms with Gasteiger partial charge in [-0.2, -0.15) is 12.9 Å². The van der Waals surface area contributed by atoms with E-state index in [1.165, 1.54) is 18.2 Å². The monoisotopic (exact) mass is 1550 g/mol. The van der Waals surface area contributed by atoms with E-state index in [4.69, 9.17) is 33.2 Å². The maximum atomic E-state index is 13.7. The summed E-state index contributed by atoms with van der Waals surface area (Å²) < 4.78 is 125. The topological polar surface area (TPSA) is 290 Å². The molecule has 0 aliphatic carbocycles. The molecule has 3 unspecified atom stereocenters. The third-order valence-corrected chi connectivity index (χ3v) is 26.0. The Morgan fingerprint density at radius 1 is 0.438 bits per heavy atom. The highest BCUT2D eigenvalue weighted by Gasteiger charge is 2.40. The Bertz CT molecular complexity index is 3640. The van der Waals surface area contributed by atoms with E-state index in [9.17, 15) is 49.2 Å². The number of methoxy groups -OCH3 is 3. The lowest BCUT2D eigenvalue weighted by molar-refractivity contribution is -0.139. The summed E-state index contributed by atoms with van der Waals surface area (Å²) in [5.74, 6) is 1.85. The lowest BCUT2D eigenvalue weighted by atomic mass is 10.1. The molecule has 6 aliphatic rings. The Morgan fingerprint density at radius 2 is 0.705 bits per heavy atom. The molecule has 9 rings (SSSR count). The molecule has 3 aromatic rings. The van der Waals surface area contributed by atoms with Gasteiger partial charge < -0.3 is 62.9 Å². The zero-order valence-electron chi connectivity index (χ0n) is 65.0. The van der Waals surface area contributed by atoms with Crippen LogP contribution in [0.4, 0.5) is 4.79 Å². The van der Waals surface area contributed by atoms with Crippen LogP contribution in [0.15, 0.2) is 51.1 Å². The van der Waals surface area contributed by atoms with Gasteiger partial charge in [-0.1, -0.05) is 19.3 Å². The molecule has 1 N–H and O–H groups in total. The molecule has 31 heteroatoms. The smallest absolute Gasteiger partial charge is 0.410 e. The van der Waals surface area contributed by atoms with Crippen molar-refractivity contribution < 1.29 is 82.4 Å². The second kappa shape index (κ2) is 41.7. The van der Waals surface area contributed by atoms with Gasteiger partial charge in [-0.3, -0.25) is 19.3 Å². The number of hydrogen-bond donors (Lipinski definition) is 1. The van der Waals surface area contributed by atoms with Gasteiger partial charge in [0.05, 0.1) is 55.8 Å². The summed E-state index contributed by atoms with van der Waals surface area (Å²) in [7, 11) is -6.40. The number of amides is 4. The molecular weight excluding hydrogens is 1430 g/mol. The van der Waals surface area contributed by atoms with Crippen LogP contribution in [0.3, 0.4) is 0 Å². The normalized spacial score (nSPS) is 19.7. The number of aryl methyl sites for hydroxylation is 6. The molecule has 27 nitrogen and oxygen atoms in total. The van der Waals surface area contributed by atoms with E-state index < -0.39 is 35.7 Å². The van der Waals surface area contributed by atoms with Crippen LogP contribution in [-0.2, 0) is 68.2 Å². The molecule has 6 saturated heterocycles. The Hall–Kier alpha value is -5.77. The van der Waals surface area contributed by atoms with Crippen molar-refractivity contribution in [2.24, 2.45) is 0 Å². The van der Waals surface area contributed by atoms with E-state index in [1.54, 1.807) is 123 Å². The van der Waals surface area contributed by atoms with Gasteiger partial charge in [0.2, 0.25) is 47.8 Å². The number of benzene rings is 3. The number of piperazine rings is 3. The van der Waals surface area contributed by atoms with Crippen LogP contribution in [0.5, 0.6) is 17.2 Å². The summed E-state index contributed by atoms with van der Waals surface area (Å²) in [5, 5.41) is 3.22. The molecule has 6 heterocycles. The quantitative estimate of drug-likeness (QED) is 0.101. The fourth-order valence-electron chi connectivity index (χ4n) is 14.0. The molecule has 0 spiro atoms. The Labute approximate surface area is 632 Å². The molecule has 6 fully saturated rings. The van der Waals surface area contributed by atoms with E-state index in [0.717, 1.165) is 77.5 Å². The molecule has 4 amide bonds. The van der Waals surface area contributed by atoms with Gasteiger partial charge in [-0.05, 0) is 198 Å². The van der Waals surface area contributed by atoms with Crippen molar-refractivity contribution in [3.63, 3.8) is 0 Å². The van der Waals surface area contributed by atoms with Crippen molar-refractivity contribution in [2.75, 3.05) is 159 Å². The molecule has 0 saturated carbocycles. The van der Waals surface area contributed by atoms with Crippen molar-refractivity contribution >= 4 is 72.1 Å². The van der Waals surface area contributed by atoms with Crippen molar-refractivity contribution in [1.82, 2.24) is 42.7 Å². The van der Waals surface area contributed by atoms with Crippen LogP contribution in [0.1, 0.15) is 140 Å². The standard InChI is InChI=1S/C26H41N3O7S.C24H39N3O5S.C21H33N3O5S.C3H6O.ClH/c1-19-15-22(34-6)16-20(2)24(19)37(32,33)29-10-8-7-9-21(29)17-35-18-23(30)27-11-13-28(14-12-27)25(31)36-26(3,4)5;1-18(2)25-10-12-26(13-11-25)23(28)17-32-16-21-8-6-7-9-27(21)33(29,30)24-19(3)14-22(31-5)15-20(24)4;1-16-12-19(28-3)13-17(2)21(16)30(26,27)24-9-5-4-6-18(24)14-29-15-20(25)23-10-7-22-8-11-23;1-3(2)4;/h15-16,21H,7-14,17-18H2,1-6H3;14-15,18,21H,6-13,16-17H2,1-5H3;12-13,18,22H,4-11,14-15H2,1-3H3;1-2H3;1H. The van der Waals surface area contributed by atoms with E-state index in [1.807, 2.05) is 25.7 Å². The van der Waals surface area contributed by atoms with Crippen LogP contribution in [0.25, 0.3) is 0 Å². The summed E-state index contributed by atoms with van der Waals surface area (Å²) in [4.78, 5) is 69.6. The summed E-state index contributed by atoms with van der Waals surface area (Å²) >= 11 is 0. The van der Waals surface area contributed by atoms with E-state index in [0.29, 0.717) is 150 Å². The molecule has 0 radical (unpaired) electrons. The number of nitrogens with one attached hydrogen (secondary N) is 1. The summed E-state index contributed by atoms with van der Waals surface area (Å²) in [6, 6.07) is 10.1. The lowest BCUT2D eigenvalue weighted by Crippen LogP contribution is -2.52. The number of piperidine rings is 3. The molecule has 3 atom stereocenters. The largest absolute Gasteiger partial charge is 0.497 e. The van der Waals surface area contributed by atoms with E-state index in [2.05, 4.69) is 24.1 Å². The summed E-state index contributed by atoms with van der Waals surface area (Å²) in [6.45, 7) is 33.1. The maximum absolute atomic E-state index is 13.7. The van der Waals surface area contributed by atoms with E-state index in [-0.39, 0.29) is 99.8 Å². The Balaban J connectivity index is 0.000000275. The number of rotatable bonds is 22. The second-order valence-electron chi connectivity index (χ2n) is 29.0. The minimum atomic E-state index is -3.74. The molecule has 0 aromatic heterocycles. The highest BCUT2D eigenvalue weighted by Crippen LogP contribution is 2.36. The number of halogens is 1. The Kier molecular flexibility index (Phi) is 35.7. The molecule has 105 heavy (non-hydrogen) atoms. The molecule has 594 valence electrons. The van der Waals surface area contributed by atoms with Crippen molar-refractivity contribution in [3.05, 3.63) is 69.8 Å². The van der Waals surface area contributed by atoms with Crippen LogP contribution < -0.4 is 19.5 Å². The van der Waals surface area contributed by atoms with Gasteiger partial charge in [0.25, 0.3) is 0 Å². The third-order valence-electron chi connectivity index (χ3n) is 19.2. The highest BCUT2D eigenvalue weighted by molar-refractivity contribution is 7.89. The molecular formula is C74H120ClN9O18S3. The zero-order valence-corrected chi connectivity index (χ0v) is 68.3. The fourth-order valence-corrected chi connectivity index (χ4v) is 20.3. The van der Waals surface area contributed by atoms with Gasteiger partial charge in [0.15, 0.2) is 0 Å². The minimum absolute atomic E-state index is 0. The first-order valence-corrected chi connectivity index (χ1v) is 40.9. The summed E-state index contributed by atoms with van der Waals surface area (Å²) in [5.41, 5.74) is 3.41. The first-order chi connectivity index (χ1) is 49.0. The number of nitrogens with zero attached hydrogens (tertiary/aromatic N) is 8. The van der Waals surface area contributed by atoms with Crippen LogP contribution >= 0.6 is 12.4 Å². The molecule has 6 aliphatic heterocycles. The van der Waals surface area contributed by atoms with Crippen LogP contribution in [0, 0.1) is 41.5 Å². The van der Waals surface area contributed by atoms with Crippen molar-refractivity contribution in [2.45, 2.75) is 192 Å². The van der Waals surface area contributed by atoms with Gasteiger partial charge in [-0.25, -0.2) is 30.0 Å². The maximum Gasteiger partial charge on any atom is 0.410 e. The summed E-state index contributed by atoms with van der Waals surface area (Å²) in [6.07, 6.45) is 6.99.